The van der Waals surface area contributed by atoms with Crippen LogP contribution in [0.4, 0.5) is 0 Å². The SMILES string of the molecule is CC(O)C(N)C(=O)NC(CO)C(=O)NC(CS)C(=O)NCC(=O)O. The number of nitrogens with one attached hydrogen (secondary N) is 3. The summed E-state index contributed by atoms with van der Waals surface area (Å²) < 4.78 is 0. The second kappa shape index (κ2) is 10.8. The Balaban J connectivity index is 4.74. The Hall–Kier alpha value is -1.89. The molecule has 0 radical (unpaired) electrons. The Labute approximate surface area is 143 Å². The molecule has 0 fully saturated rings. The number of thiol groups is 1. The number of aliphatic carboxylic acids is 1. The van der Waals surface area contributed by atoms with Crippen LogP contribution in [-0.4, -0.2) is 82.1 Å². The molecule has 3 amide bonds. The number of amides is 3. The highest BCUT2D eigenvalue weighted by molar-refractivity contribution is 7.80. The van der Waals surface area contributed by atoms with E-state index in [2.05, 4.69) is 28.6 Å². The standard InChI is InChI=1S/C12H22N4O7S/c1-5(18)9(13)12(23)15-6(3-17)11(22)16-7(4-24)10(21)14-2-8(19)20/h5-7,9,17-18,24H,2-4,13H2,1H3,(H,14,21)(H,15,23)(H,16,22)(H,19,20). The van der Waals surface area contributed by atoms with Crippen molar-refractivity contribution >= 4 is 36.3 Å². The smallest absolute Gasteiger partial charge is 0.322 e. The zero-order chi connectivity index (χ0) is 18.9. The number of hydrogen-bond donors (Lipinski definition) is 8. The van der Waals surface area contributed by atoms with E-state index >= 15 is 0 Å². The van der Waals surface area contributed by atoms with Gasteiger partial charge in [-0.15, -0.1) is 0 Å². The fourth-order valence-corrected chi connectivity index (χ4v) is 1.69. The van der Waals surface area contributed by atoms with Crippen LogP contribution < -0.4 is 21.7 Å². The molecule has 0 aliphatic rings. The van der Waals surface area contributed by atoms with Crippen LogP contribution in [0.25, 0.3) is 0 Å². The number of hydrogen-bond acceptors (Lipinski definition) is 8. The average Bonchev–Trinajstić information content (AvgIpc) is 2.53. The molecule has 0 saturated heterocycles. The molecule has 0 aromatic heterocycles. The largest absolute Gasteiger partial charge is 0.480 e. The third-order valence-corrected chi connectivity index (χ3v) is 3.23. The molecular weight excluding hydrogens is 344 g/mol. The van der Waals surface area contributed by atoms with Crippen LogP contribution in [0.2, 0.25) is 0 Å². The Bertz CT molecular complexity index is 474. The second-order valence-corrected chi connectivity index (χ2v) is 5.23. The first kappa shape index (κ1) is 22.1. The number of nitrogens with two attached hydrogens (primary N) is 1. The zero-order valence-electron chi connectivity index (χ0n) is 12.9. The summed E-state index contributed by atoms with van der Waals surface area (Å²) in [6.07, 6.45) is -1.17. The van der Waals surface area contributed by atoms with Gasteiger partial charge in [0, 0.05) is 5.75 Å². The lowest BCUT2D eigenvalue weighted by molar-refractivity contribution is -0.138. The minimum absolute atomic E-state index is 0.142. The molecule has 4 atom stereocenters. The summed E-state index contributed by atoms with van der Waals surface area (Å²) in [5.41, 5.74) is 5.40. The molecule has 11 nitrogen and oxygen atoms in total. The number of carbonyl (C=O) groups is 4. The number of aliphatic hydroxyl groups excluding tert-OH is 2. The van der Waals surface area contributed by atoms with E-state index in [0.29, 0.717) is 0 Å². The monoisotopic (exact) mass is 366 g/mol. The first-order chi connectivity index (χ1) is 11.1. The van der Waals surface area contributed by atoms with Crippen molar-refractivity contribution < 1.29 is 34.5 Å². The molecule has 0 bridgehead atoms. The van der Waals surface area contributed by atoms with Gasteiger partial charge in [0.15, 0.2) is 0 Å². The summed E-state index contributed by atoms with van der Waals surface area (Å²) in [6, 6.07) is -3.88. The van der Waals surface area contributed by atoms with E-state index in [1.807, 2.05) is 0 Å². The van der Waals surface area contributed by atoms with Gasteiger partial charge in [-0.25, -0.2) is 0 Å². The molecule has 0 aromatic carbocycles. The maximum atomic E-state index is 12.0. The predicted molar refractivity (Wildman–Crippen MR) is 85.1 cm³/mol. The van der Waals surface area contributed by atoms with E-state index in [1.54, 1.807) is 0 Å². The van der Waals surface area contributed by atoms with Crippen LogP contribution in [-0.2, 0) is 19.2 Å². The van der Waals surface area contributed by atoms with Gasteiger partial charge >= 0.3 is 5.97 Å². The quantitative estimate of drug-likeness (QED) is 0.178. The van der Waals surface area contributed by atoms with Gasteiger partial charge in [0.1, 0.15) is 24.7 Å². The molecule has 0 aliphatic heterocycles. The third-order valence-electron chi connectivity index (χ3n) is 2.87. The third kappa shape index (κ3) is 7.59. The highest BCUT2D eigenvalue weighted by Gasteiger charge is 2.28. The highest BCUT2D eigenvalue weighted by atomic mass is 32.1. The summed E-state index contributed by atoms with van der Waals surface area (Å²) in [4.78, 5) is 45.8. The molecule has 12 heteroatoms. The normalized spacial score (nSPS) is 15.5. The fraction of sp³-hybridized carbons (Fsp3) is 0.667. The molecular formula is C12H22N4O7S. The number of carbonyl (C=O) groups excluding carboxylic acids is 3. The Morgan fingerprint density at radius 2 is 1.62 bits per heavy atom. The van der Waals surface area contributed by atoms with Crippen molar-refractivity contribution in [2.75, 3.05) is 18.9 Å². The molecule has 8 N–H and O–H groups in total. The van der Waals surface area contributed by atoms with E-state index in [1.165, 1.54) is 6.92 Å². The van der Waals surface area contributed by atoms with Crippen molar-refractivity contribution in [3.63, 3.8) is 0 Å². The number of aliphatic hydroxyl groups is 2. The van der Waals surface area contributed by atoms with E-state index in [9.17, 15) is 29.4 Å². The predicted octanol–water partition coefficient (Wildman–Crippen LogP) is -4.21. The molecule has 24 heavy (non-hydrogen) atoms. The van der Waals surface area contributed by atoms with Crippen LogP contribution >= 0.6 is 12.6 Å². The van der Waals surface area contributed by atoms with Crippen molar-refractivity contribution in [3.8, 4) is 0 Å². The summed E-state index contributed by atoms with van der Waals surface area (Å²) in [6.45, 7) is -0.134. The van der Waals surface area contributed by atoms with Crippen molar-refractivity contribution in [1.29, 1.82) is 0 Å². The number of rotatable bonds is 10. The van der Waals surface area contributed by atoms with Gasteiger partial charge in [-0.2, -0.15) is 12.6 Å². The molecule has 0 heterocycles. The lowest BCUT2D eigenvalue weighted by Crippen LogP contribution is -2.58. The van der Waals surface area contributed by atoms with Crippen LogP contribution in [0.5, 0.6) is 0 Å². The number of carboxylic acids is 1. The van der Waals surface area contributed by atoms with Gasteiger partial charge in [0.05, 0.1) is 12.7 Å². The molecule has 138 valence electrons. The summed E-state index contributed by atoms with van der Waals surface area (Å²) in [7, 11) is 0. The fourth-order valence-electron chi connectivity index (χ4n) is 1.43. The maximum Gasteiger partial charge on any atom is 0.322 e. The van der Waals surface area contributed by atoms with Crippen LogP contribution in [0.3, 0.4) is 0 Å². The van der Waals surface area contributed by atoms with Gasteiger partial charge in [0.2, 0.25) is 17.7 Å². The Morgan fingerprint density at radius 1 is 1.08 bits per heavy atom. The summed E-state index contributed by atoms with van der Waals surface area (Å²) in [5.74, 6) is -3.95. The van der Waals surface area contributed by atoms with Gasteiger partial charge in [0.25, 0.3) is 0 Å². The van der Waals surface area contributed by atoms with Gasteiger partial charge < -0.3 is 37.0 Å². The topological polar surface area (TPSA) is 191 Å². The first-order valence-corrected chi connectivity index (χ1v) is 7.52. The molecule has 4 unspecified atom stereocenters. The zero-order valence-corrected chi connectivity index (χ0v) is 13.8. The molecule has 0 rings (SSSR count). The summed E-state index contributed by atoms with van der Waals surface area (Å²) in [5, 5.41) is 33.3. The maximum absolute atomic E-state index is 12.0. The molecule has 0 spiro atoms. The number of carboxylic acid groups (broad SMARTS) is 1. The molecule has 0 aliphatic carbocycles. The van der Waals surface area contributed by atoms with Crippen molar-refractivity contribution in [1.82, 2.24) is 16.0 Å². The Kier molecular flexibility index (Phi) is 9.95. The second-order valence-electron chi connectivity index (χ2n) is 4.87. The Morgan fingerprint density at radius 3 is 2.04 bits per heavy atom. The molecule has 0 aromatic rings. The van der Waals surface area contributed by atoms with Crippen molar-refractivity contribution in [3.05, 3.63) is 0 Å². The van der Waals surface area contributed by atoms with E-state index in [0.717, 1.165) is 0 Å². The first-order valence-electron chi connectivity index (χ1n) is 6.89. The highest BCUT2D eigenvalue weighted by Crippen LogP contribution is 1.94. The minimum Gasteiger partial charge on any atom is -0.480 e. The van der Waals surface area contributed by atoms with Crippen molar-refractivity contribution in [2.24, 2.45) is 5.73 Å². The van der Waals surface area contributed by atoms with E-state index < -0.39 is 61.1 Å². The van der Waals surface area contributed by atoms with E-state index in [4.69, 9.17) is 10.8 Å². The van der Waals surface area contributed by atoms with Gasteiger partial charge in [-0.1, -0.05) is 0 Å². The van der Waals surface area contributed by atoms with Crippen LogP contribution in [0, 0.1) is 0 Å². The van der Waals surface area contributed by atoms with Gasteiger partial charge in [-0.3, -0.25) is 19.2 Å². The minimum atomic E-state index is -1.41. The van der Waals surface area contributed by atoms with Gasteiger partial charge in [-0.05, 0) is 6.92 Å². The lowest BCUT2D eigenvalue weighted by atomic mass is 10.1. The lowest BCUT2D eigenvalue weighted by Gasteiger charge is -2.22. The summed E-state index contributed by atoms with van der Waals surface area (Å²) >= 11 is 3.88. The molecule has 0 saturated carbocycles. The average molecular weight is 366 g/mol. The van der Waals surface area contributed by atoms with Crippen molar-refractivity contribution in [2.45, 2.75) is 31.2 Å². The van der Waals surface area contributed by atoms with E-state index in [-0.39, 0.29) is 5.75 Å². The van der Waals surface area contributed by atoms with Crippen LogP contribution in [0.1, 0.15) is 6.92 Å². The van der Waals surface area contributed by atoms with Crippen LogP contribution in [0.15, 0.2) is 0 Å².